The molecule has 5 nitrogen and oxygen atoms in total. The van der Waals surface area contributed by atoms with E-state index < -0.39 is 0 Å². The largest absolute Gasteiger partial charge is 0.493 e. The van der Waals surface area contributed by atoms with Gasteiger partial charge < -0.3 is 14.2 Å². The normalized spacial score (nSPS) is 10.3. The SMILES string of the molecule is CCOC(=O)CCCCCCCC(=O)c1ccc(OC)c(OC)c1. The second-order valence-electron chi connectivity index (χ2n) is 5.57. The maximum atomic E-state index is 12.2. The van der Waals surface area contributed by atoms with E-state index in [2.05, 4.69) is 0 Å². The Morgan fingerprint density at radius 3 is 2.12 bits per heavy atom. The Hall–Kier alpha value is -2.04. The summed E-state index contributed by atoms with van der Waals surface area (Å²) in [6, 6.07) is 5.24. The van der Waals surface area contributed by atoms with E-state index >= 15 is 0 Å². The molecule has 1 aromatic carbocycles. The lowest BCUT2D eigenvalue weighted by Crippen LogP contribution is -2.03. The summed E-state index contributed by atoms with van der Waals surface area (Å²) >= 11 is 0. The van der Waals surface area contributed by atoms with Gasteiger partial charge in [0.15, 0.2) is 17.3 Å². The highest BCUT2D eigenvalue weighted by Crippen LogP contribution is 2.28. The molecule has 0 unspecified atom stereocenters. The fourth-order valence-electron chi connectivity index (χ4n) is 2.47. The van der Waals surface area contributed by atoms with Crippen molar-refractivity contribution in [3.05, 3.63) is 23.8 Å². The Bertz CT molecular complexity index is 524. The highest BCUT2D eigenvalue weighted by molar-refractivity contribution is 5.96. The Labute approximate surface area is 144 Å². The first-order valence-corrected chi connectivity index (χ1v) is 8.53. The summed E-state index contributed by atoms with van der Waals surface area (Å²) in [6.45, 7) is 2.25. The number of carbonyl (C=O) groups is 2. The number of unbranched alkanes of at least 4 members (excludes halogenated alkanes) is 4. The molecule has 134 valence electrons. The van der Waals surface area contributed by atoms with E-state index in [-0.39, 0.29) is 11.8 Å². The third-order valence-corrected chi connectivity index (χ3v) is 3.80. The van der Waals surface area contributed by atoms with Crippen LogP contribution in [-0.2, 0) is 9.53 Å². The molecule has 24 heavy (non-hydrogen) atoms. The molecule has 0 aliphatic rings. The lowest BCUT2D eigenvalue weighted by molar-refractivity contribution is -0.143. The Morgan fingerprint density at radius 1 is 0.875 bits per heavy atom. The smallest absolute Gasteiger partial charge is 0.305 e. The van der Waals surface area contributed by atoms with Crippen molar-refractivity contribution in [1.82, 2.24) is 0 Å². The van der Waals surface area contributed by atoms with Gasteiger partial charge in [0.25, 0.3) is 0 Å². The summed E-state index contributed by atoms with van der Waals surface area (Å²) in [4.78, 5) is 23.4. The second kappa shape index (κ2) is 11.5. The van der Waals surface area contributed by atoms with Crippen molar-refractivity contribution < 1.29 is 23.8 Å². The first-order chi connectivity index (χ1) is 11.6. The van der Waals surface area contributed by atoms with Crippen LogP contribution in [0.25, 0.3) is 0 Å². The summed E-state index contributed by atoms with van der Waals surface area (Å²) in [5.74, 6) is 1.18. The fourth-order valence-corrected chi connectivity index (χ4v) is 2.47. The molecule has 0 aliphatic heterocycles. The molecule has 0 aliphatic carbocycles. The van der Waals surface area contributed by atoms with Crippen LogP contribution < -0.4 is 9.47 Å². The summed E-state index contributed by atoms with van der Waals surface area (Å²) in [5, 5.41) is 0. The molecule has 1 rings (SSSR count). The van der Waals surface area contributed by atoms with Crippen LogP contribution in [0.1, 0.15) is 62.2 Å². The second-order valence-corrected chi connectivity index (χ2v) is 5.57. The van der Waals surface area contributed by atoms with E-state index in [1.54, 1.807) is 32.4 Å². The van der Waals surface area contributed by atoms with Crippen molar-refractivity contribution in [2.75, 3.05) is 20.8 Å². The van der Waals surface area contributed by atoms with Crippen LogP contribution in [0.2, 0.25) is 0 Å². The Balaban J connectivity index is 2.23. The van der Waals surface area contributed by atoms with Crippen molar-refractivity contribution in [2.24, 2.45) is 0 Å². The molecule has 1 aromatic rings. The lowest BCUT2D eigenvalue weighted by atomic mass is 10.0. The molecule has 0 fully saturated rings. The van der Waals surface area contributed by atoms with Gasteiger partial charge in [0.2, 0.25) is 0 Å². The average Bonchev–Trinajstić information content (AvgIpc) is 2.60. The maximum absolute atomic E-state index is 12.2. The molecule has 0 radical (unpaired) electrons. The number of ketones is 1. The van der Waals surface area contributed by atoms with Gasteiger partial charge in [-0.2, -0.15) is 0 Å². The number of hydrogen-bond acceptors (Lipinski definition) is 5. The van der Waals surface area contributed by atoms with Gasteiger partial charge in [-0.05, 0) is 38.0 Å². The molecule has 0 atom stereocenters. The molecule has 0 amide bonds. The van der Waals surface area contributed by atoms with Crippen LogP contribution in [0.3, 0.4) is 0 Å². The molecular weight excluding hydrogens is 308 g/mol. The molecule has 0 saturated carbocycles. The van der Waals surface area contributed by atoms with Gasteiger partial charge in [0.1, 0.15) is 0 Å². The van der Waals surface area contributed by atoms with E-state index in [9.17, 15) is 9.59 Å². The first-order valence-electron chi connectivity index (χ1n) is 8.53. The summed E-state index contributed by atoms with van der Waals surface area (Å²) in [6.07, 6.45) is 5.71. The molecule has 0 aromatic heterocycles. The van der Waals surface area contributed by atoms with Gasteiger partial charge in [-0.3, -0.25) is 9.59 Å². The Kier molecular flexibility index (Phi) is 9.58. The van der Waals surface area contributed by atoms with E-state index in [0.29, 0.717) is 36.5 Å². The quantitative estimate of drug-likeness (QED) is 0.325. The first kappa shape index (κ1) is 20.0. The summed E-state index contributed by atoms with van der Waals surface area (Å²) in [5.41, 5.74) is 0.648. The van der Waals surface area contributed by atoms with Gasteiger partial charge in [-0.25, -0.2) is 0 Å². The summed E-state index contributed by atoms with van der Waals surface area (Å²) in [7, 11) is 3.13. The molecule has 0 N–H and O–H groups in total. The van der Waals surface area contributed by atoms with Gasteiger partial charge >= 0.3 is 5.97 Å². The maximum Gasteiger partial charge on any atom is 0.305 e. The van der Waals surface area contributed by atoms with Crippen LogP contribution in [-0.4, -0.2) is 32.6 Å². The van der Waals surface area contributed by atoms with E-state index in [4.69, 9.17) is 14.2 Å². The highest BCUT2D eigenvalue weighted by Gasteiger charge is 2.10. The molecule has 0 saturated heterocycles. The highest BCUT2D eigenvalue weighted by atomic mass is 16.5. The van der Waals surface area contributed by atoms with Crippen LogP contribution in [0.5, 0.6) is 11.5 Å². The minimum Gasteiger partial charge on any atom is -0.493 e. The predicted octanol–water partition coefficient (Wildman–Crippen LogP) is 4.18. The number of ether oxygens (including phenoxy) is 3. The van der Waals surface area contributed by atoms with Crippen LogP contribution in [0.15, 0.2) is 18.2 Å². The molecule has 0 heterocycles. The molecule has 5 heteroatoms. The van der Waals surface area contributed by atoms with Crippen molar-refractivity contribution in [3.8, 4) is 11.5 Å². The van der Waals surface area contributed by atoms with Crippen molar-refractivity contribution in [2.45, 2.75) is 51.9 Å². The number of carbonyl (C=O) groups excluding carboxylic acids is 2. The number of benzene rings is 1. The van der Waals surface area contributed by atoms with Crippen molar-refractivity contribution in [3.63, 3.8) is 0 Å². The monoisotopic (exact) mass is 336 g/mol. The predicted molar refractivity (Wildman–Crippen MR) is 92.8 cm³/mol. The zero-order valence-electron chi connectivity index (χ0n) is 14.9. The zero-order chi connectivity index (χ0) is 17.8. The Morgan fingerprint density at radius 2 is 1.50 bits per heavy atom. The lowest BCUT2D eigenvalue weighted by Gasteiger charge is -2.09. The number of Topliss-reactive ketones (excluding diaryl/α,β-unsaturated/α-hetero) is 1. The number of esters is 1. The number of rotatable bonds is 12. The molecule has 0 bridgehead atoms. The van der Waals surface area contributed by atoms with Gasteiger partial charge in [-0.1, -0.05) is 19.3 Å². The van der Waals surface area contributed by atoms with Gasteiger partial charge in [0, 0.05) is 18.4 Å². The standard InChI is InChI=1S/C19H28O5/c1-4-24-19(21)11-9-7-5-6-8-10-16(20)15-12-13-17(22-2)18(14-15)23-3/h12-14H,4-11H2,1-3H3. The topological polar surface area (TPSA) is 61.8 Å². The van der Waals surface area contributed by atoms with Gasteiger partial charge in [0.05, 0.1) is 20.8 Å². The van der Waals surface area contributed by atoms with Crippen molar-refractivity contribution >= 4 is 11.8 Å². The van der Waals surface area contributed by atoms with E-state index in [1.165, 1.54) is 0 Å². The zero-order valence-corrected chi connectivity index (χ0v) is 14.9. The van der Waals surface area contributed by atoms with E-state index in [1.807, 2.05) is 6.92 Å². The summed E-state index contributed by atoms with van der Waals surface area (Å²) < 4.78 is 15.3. The van der Waals surface area contributed by atoms with Crippen LogP contribution in [0.4, 0.5) is 0 Å². The molecular formula is C19H28O5. The number of hydrogen-bond donors (Lipinski definition) is 0. The average molecular weight is 336 g/mol. The third-order valence-electron chi connectivity index (χ3n) is 3.80. The van der Waals surface area contributed by atoms with E-state index in [0.717, 1.165) is 32.1 Å². The fraction of sp³-hybridized carbons (Fsp3) is 0.579. The molecule has 0 spiro atoms. The van der Waals surface area contributed by atoms with Crippen LogP contribution >= 0.6 is 0 Å². The third kappa shape index (κ3) is 7.02. The minimum absolute atomic E-state index is 0.113. The van der Waals surface area contributed by atoms with Crippen molar-refractivity contribution in [1.29, 1.82) is 0 Å². The number of methoxy groups -OCH3 is 2. The van der Waals surface area contributed by atoms with Crippen LogP contribution in [0, 0.1) is 0 Å². The van der Waals surface area contributed by atoms with Gasteiger partial charge in [-0.15, -0.1) is 0 Å². The minimum atomic E-state index is -0.124.